The number of likely N-dealkylation sites (N-methyl/N-ethyl adjacent to an activating group) is 1. The Morgan fingerprint density at radius 2 is 2.27 bits per heavy atom. The summed E-state index contributed by atoms with van der Waals surface area (Å²) in [6, 6.07) is 7.39. The van der Waals surface area contributed by atoms with E-state index >= 15 is 0 Å². The zero-order valence-electron chi connectivity index (χ0n) is 12.9. The summed E-state index contributed by atoms with van der Waals surface area (Å²) in [4.78, 5) is 16.7. The van der Waals surface area contributed by atoms with Crippen LogP contribution in [0.25, 0.3) is 0 Å². The van der Waals surface area contributed by atoms with Crippen LogP contribution in [-0.2, 0) is 9.53 Å². The molecule has 2 aliphatic heterocycles. The van der Waals surface area contributed by atoms with Gasteiger partial charge in [0.05, 0.1) is 18.8 Å². The quantitative estimate of drug-likeness (QED) is 0.848. The number of hydrogen-bond donors (Lipinski definition) is 0. The van der Waals surface area contributed by atoms with E-state index < -0.39 is 6.10 Å². The summed E-state index contributed by atoms with van der Waals surface area (Å²) in [7, 11) is 2.08. The summed E-state index contributed by atoms with van der Waals surface area (Å²) >= 11 is 5.94. The van der Waals surface area contributed by atoms with Crippen molar-refractivity contribution in [2.45, 2.75) is 25.2 Å². The van der Waals surface area contributed by atoms with E-state index in [0.717, 1.165) is 13.2 Å². The minimum atomic E-state index is -0.538. The number of hydrogen-bond acceptors (Lipinski definition) is 4. The summed E-state index contributed by atoms with van der Waals surface area (Å²) in [6.07, 6.45) is -0.426. The van der Waals surface area contributed by atoms with Gasteiger partial charge >= 0.3 is 0 Å². The highest BCUT2D eigenvalue weighted by Crippen LogP contribution is 2.23. The zero-order chi connectivity index (χ0) is 15.7. The van der Waals surface area contributed by atoms with Crippen LogP contribution in [0.5, 0.6) is 5.75 Å². The number of carbonyl (C=O) groups excluding carboxylic acids is 1. The lowest BCUT2D eigenvalue weighted by Gasteiger charge is -2.33. The molecule has 22 heavy (non-hydrogen) atoms. The van der Waals surface area contributed by atoms with Gasteiger partial charge in [-0.05, 0) is 32.2 Å². The van der Waals surface area contributed by atoms with Crippen molar-refractivity contribution < 1.29 is 14.3 Å². The summed E-state index contributed by atoms with van der Waals surface area (Å²) in [5.74, 6) is 0.602. The molecule has 0 aromatic heterocycles. The number of morpholine rings is 1. The van der Waals surface area contributed by atoms with Crippen molar-refractivity contribution in [1.82, 2.24) is 9.80 Å². The van der Waals surface area contributed by atoms with Crippen LogP contribution in [0.15, 0.2) is 24.3 Å². The summed E-state index contributed by atoms with van der Waals surface area (Å²) in [5, 5.41) is 0.597. The second kappa shape index (κ2) is 6.44. The molecule has 3 atom stereocenters. The van der Waals surface area contributed by atoms with E-state index in [4.69, 9.17) is 21.1 Å². The van der Waals surface area contributed by atoms with E-state index in [-0.39, 0.29) is 18.1 Å². The Morgan fingerprint density at radius 1 is 1.45 bits per heavy atom. The van der Waals surface area contributed by atoms with Crippen molar-refractivity contribution in [3.63, 3.8) is 0 Å². The number of amides is 1. The Balaban J connectivity index is 1.61. The molecule has 1 aromatic rings. The fraction of sp³-hybridized carbons (Fsp3) is 0.562. The molecule has 0 unspecified atom stereocenters. The Morgan fingerprint density at radius 3 is 3.00 bits per heavy atom. The Kier molecular flexibility index (Phi) is 4.57. The molecule has 0 bridgehead atoms. The van der Waals surface area contributed by atoms with Crippen LogP contribution >= 0.6 is 11.6 Å². The first kappa shape index (κ1) is 15.6. The fourth-order valence-electron chi connectivity index (χ4n) is 3.09. The predicted molar refractivity (Wildman–Crippen MR) is 84.3 cm³/mol. The van der Waals surface area contributed by atoms with Crippen LogP contribution in [0.2, 0.25) is 5.02 Å². The van der Waals surface area contributed by atoms with Gasteiger partial charge in [-0.2, -0.15) is 0 Å². The van der Waals surface area contributed by atoms with E-state index in [2.05, 4.69) is 11.9 Å². The maximum atomic E-state index is 12.6. The highest BCUT2D eigenvalue weighted by molar-refractivity contribution is 6.30. The van der Waals surface area contributed by atoms with Gasteiger partial charge in [0.1, 0.15) is 5.75 Å². The van der Waals surface area contributed by atoms with Gasteiger partial charge in [0.15, 0.2) is 6.10 Å². The molecular weight excluding hydrogens is 304 g/mol. The van der Waals surface area contributed by atoms with Gasteiger partial charge in [0.2, 0.25) is 0 Å². The predicted octanol–water partition coefficient (Wildman–Crippen LogP) is 1.65. The molecule has 6 heteroatoms. The first-order valence-corrected chi connectivity index (χ1v) is 7.95. The molecule has 0 aliphatic carbocycles. The number of rotatable bonds is 3. The average molecular weight is 325 g/mol. The van der Waals surface area contributed by atoms with Gasteiger partial charge in [0.25, 0.3) is 5.91 Å². The van der Waals surface area contributed by atoms with E-state index in [9.17, 15) is 4.79 Å². The van der Waals surface area contributed by atoms with E-state index in [1.807, 2.05) is 11.0 Å². The van der Waals surface area contributed by atoms with E-state index in [1.54, 1.807) is 25.1 Å². The second-order valence-electron chi connectivity index (χ2n) is 5.92. The lowest BCUT2D eigenvalue weighted by Crippen LogP contribution is -2.48. The topological polar surface area (TPSA) is 42.0 Å². The van der Waals surface area contributed by atoms with Crippen LogP contribution in [0.3, 0.4) is 0 Å². The van der Waals surface area contributed by atoms with Crippen molar-refractivity contribution in [3.05, 3.63) is 29.3 Å². The molecule has 120 valence electrons. The second-order valence-corrected chi connectivity index (χ2v) is 6.35. The summed E-state index contributed by atoms with van der Waals surface area (Å²) < 4.78 is 11.5. The first-order chi connectivity index (χ1) is 10.5. The minimum absolute atomic E-state index is 0.00799. The minimum Gasteiger partial charge on any atom is -0.481 e. The highest BCUT2D eigenvalue weighted by atomic mass is 35.5. The van der Waals surface area contributed by atoms with Crippen LogP contribution in [0.4, 0.5) is 0 Å². The SMILES string of the molecule is C[C@H](Oc1cccc(Cl)c1)C(=O)N1C[C@@H]2OCCN(C)[C@H]2C1. The molecule has 1 aromatic carbocycles. The number of halogens is 1. The highest BCUT2D eigenvalue weighted by Gasteiger charge is 2.41. The third-order valence-corrected chi connectivity index (χ3v) is 4.58. The molecule has 2 aliphatic rings. The van der Waals surface area contributed by atoms with Crippen LogP contribution in [-0.4, -0.2) is 67.2 Å². The molecule has 0 N–H and O–H groups in total. The molecule has 2 heterocycles. The number of ether oxygens (including phenoxy) is 2. The lowest BCUT2D eigenvalue weighted by molar-refractivity contribution is -0.137. The van der Waals surface area contributed by atoms with Gasteiger partial charge in [-0.1, -0.05) is 17.7 Å². The van der Waals surface area contributed by atoms with Gasteiger partial charge < -0.3 is 14.4 Å². The van der Waals surface area contributed by atoms with E-state index in [0.29, 0.717) is 23.9 Å². The largest absolute Gasteiger partial charge is 0.481 e. The van der Waals surface area contributed by atoms with Gasteiger partial charge in [-0.25, -0.2) is 0 Å². The molecule has 0 saturated carbocycles. The van der Waals surface area contributed by atoms with Gasteiger partial charge in [0, 0.05) is 24.7 Å². The molecule has 5 nitrogen and oxygen atoms in total. The monoisotopic (exact) mass is 324 g/mol. The van der Waals surface area contributed by atoms with Crippen molar-refractivity contribution in [2.24, 2.45) is 0 Å². The van der Waals surface area contributed by atoms with Crippen molar-refractivity contribution in [1.29, 1.82) is 0 Å². The van der Waals surface area contributed by atoms with E-state index in [1.165, 1.54) is 0 Å². The lowest BCUT2D eigenvalue weighted by atomic mass is 10.1. The van der Waals surface area contributed by atoms with Gasteiger partial charge in [-0.3, -0.25) is 9.69 Å². The number of likely N-dealkylation sites (tertiary alicyclic amines) is 1. The summed E-state index contributed by atoms with van der Waals surface area (Å²) in [5.41, 5.74) is 0. The molecule has 0 radical (unpaired) electrons. The third-order valence-electron chi connectivity index (χ3n) is 4.35. The number of benzene rings is 1. The first-order valence-electron chi connectivity index (χ1n) is 7.57. The normalized spacial score (nSPS) is 26.6. The molecule has 2 fully saturated rings. The summed E-state index contributed by atoms with van der Waals surface area (Å²) in [6.45, 7) is 4.75. The van der Waals surface area contributed by atoms with Crippen LogP contribution < -0.4 is 4.74 Å². The maximum absolute atomic E-state index is 12.6. The fourth-order valence-corrected chi connectivity index (χ4v) is 3.27. The average Bonchev–Trinajstić information content (AvgIpc) is 2.92. The number of carbonyl (C=O) groups is 1. The number of fused-ring (bicyclic) bond motifs is 1. The van der Waals surface area contributed by atoms with Crippen LogP contribution in [0.1, 0.15) is 6.92 Å². The zero-order valence-corrected chi connectivity index (χ0v) is 13.6. The molecular formula is C16H21ClN2O3. The van der Waals surface area contributed by atoms with Crippen molar-refractivity contribution in [3.8, 4) is 5.75 Å². The molecule has 0 spiro atoms. The Labute approximate surface area is 135 Å². The number of nitrogens with zero attached hydrogens (tertiary/aromatic N) is 2. The molecule has 1 amide bonds. The maximum Gasteiger partial charge on any atom is 0.263 e. The smallest absolute Gasteiger partial charge is 0.263 e. The molecule has 3 rings (SSSR count). The standard InChI is InChI=1S/C16H21ClN2O3/c1-11(22-13-5-3-4-12(17)8-13)16(20)19-9-14-15(10-19)21-7-6-18(14)2/h3-5,8,11,14-15H,6-7,9-10H2,1-2H3/t11-,14-,15-/m0/s1. The molecule has 2 saturated heterocycles. The third kappa shape index (κ3) is 3.21. The Hall–Kier alpha value is -1.30. The van der Waals surface area contributed by atoms with Crippen LogP contribution in [0, 0.1) is 0 Å². The van der Waals surface area contributed by atoms with Crippen molar-refractivity contribution >= 4 is 17.5 Å². The Bertz CT molecular complexity index is 554. The van der Waals surface area contributed by atoms with Gasteiger partial charge in [-0.15, -0.1) is 0 Å². The van der Waals surface area contributed by atoms with Crippen molar-refractivity contribution in [2.75, 3.05) is 33.3 Å².